The van der Waals surface area contributed by atoms with E-state index in [1.165, 1.54) is 19.2 Å². The molecule has 0 heterocycles. The highest BCUT2D eigenvalue weighted by atomic mass is 35.5. The molecule has 13 heavy (non-hydrogen) atoms. The summed E-state index contributed by atoms with van der Waals surface area (Å²) in [6.45, 7) is 0. The van der Waals surface area contributed by atoms with Crippen LogP contribution in [-0.2, 0) is 0 Å². The van der Waals surface area contributed by atoms with E-state index in [0.29, 0.717) is 5.56 Å². The van der Waals surface area contributed by atoms with Crippen LogP contribution in [0.5, 0.6) is 5.75 Å². The lowest BCUT2D eigenvalue weighted by atomic mass is 10.1. The maximum absolute atomic E-state index is 13.1. The van der Waals surface area contributed by atoms with Crippen molar-refractivity contribution in [2.45, 2.75) is 6.10 Å². The fourth-order valence-electron chi connectivity index (χ4n) is 1.09. The van der Waals surface area contributed by atoms with Gasteiger partial charge in [0.25, 0.3) is 0 Å². The van der Waals surface area contributed by atoms with E-state index in [-0.39, 0.29) is 11.6 Å². The van der Waals surface area contributed by atoms with E-state index in [1.807, 2.05) is 0 Å². The molecule has 1 aromatic rings. The molecule has 1 rings (SSSR count). The number of methoxy groups -OCH3 is 1. The quantitative estimate of drug-likeness (QED) is 0.765. The van der Waals surface area contributed by atoms with Crippen molar-refractivity contribution in [1.29, 1.82) is 0 Å². The summed E-state index contributed by atoms with van der Waals surface area (Å²) in [5, 5.41) is 9.39. The Balaban J connectivity index is 3.12. The van der Waals surface area contributed by atoms with Crippen LogP contribution < -0.4 is 4.74 Å². The minimum Gasteiger partial charge on any atom is -0.493 e. The van der Waals surface area contributed by atoms with Crippen LogP contribution in [0.3, 0.4) is 0 Å². The predicted octanol–water partition coefficient (Wildman–Crippen LogP) is 2.11. The van der Waals surface area contributed by atoms with Crippen molar-refractivity contribution in [2.75, 3.05) is 13.0 Å². The number of aliphatic hydroxyl groups is 1. The summed E-state index contributed by atoms with van der Waals surface area (Å²) < 4.78 is 17.9. The number of alkyl halides is 1. The summed E-state index contributed by atoms with van der Waals surface area (Å²) in [6, 6.07) is 4.35. The second-order valence-corrected chi connectivity index (χ2v) is 2.84. The predicted molar refractivity (Wildman–Crippen MR) is 48.6 cm³/mol. The normalized spacial score (nSPS) is 12.6. The fourth-order valence-corrected chi connectivity index (χ4v) is 1.25. The Hall–Kier alpha value is -0.800. The van der Waals surface area contributed by atoms with Crippen LogP contribution in [0.15, 0.2) is 18.2 Å². The first-order valence-corrected chi connectivity index (χ1v) is 4.30. The highest BCUT2D eigenvalue weighted by Gasteiger charge is 2.14. The van der Waals surface area contributed by atoms with Crippen molar-refractivity contribution >= 4 is 11.6 Å². The van der Waals surface area contributed by atoms with E-state index in [0.717, 1.165) is 0 Å². The number of rotatable bonds is 3. The van der Waals surface area contributed by atoms with Crippen molar-refractivity contribution in [3.05, 3.63) is 29.6 Å². The summed E-state index contributed by atoms with van der Waals surface area (Å²) >= 11 is 5.44. The van der Waals surface area contributed by atoms with Crippen molar-refractivity contribution in [3.8, 4) is 5.75 Å². The zero-order chi connectivity index (χ0) is 9.84. The molecule has 1 unspecified atom stereocenters. The zero-order valence-electron chi connectivity index (χ0n) is 7.13. The van der Waals surface area contributed by atoms with E-state index < -0.39 is 11.9 Å². The Morgan fingerprint density at radius 2 is 2.31 bits per heavy atom. The summed E-state index contributed by atoms with van der Waals surface area (Å²) in [7, 11) is 1.35. The average molecular weight is 205 g/mol. The number of hydrogen-bond donors (Lipinski definition) is 1. The summed E-state index contributed by atoms with van der Waals surface area (Å²) in [5.41, 5.74) is 0.373. The molecule has 0 aliphatic heterocycles. The monoisotopic (exact) mass is 204 g/mol. The van der Waals surface area contributed by atoms with Crippen molar-refractivity contribution < 1.29 is 14.2 Å². The molecule has 2 nitrogen and oxygen atoms in total. The molecule has 0 saturated carbocycles. The Morgan fingerprint density at radius 3 is 2.85 bits per heavy atom. The molecule has 4 heteroatoms. The average Bonchev–Trinajstić information content (AvgIpc) is 2.16. The number of aliphatic hydroxyl groups excluding tert-OH is 1. The summed E-state index contributed by atoms with van der Waals surface area (Å²) in [5.74, 6) is -0.431. The molecular formula is C9H10ClFO2. The molecule has 1 aromatic carbocycles. The third kappa shape index (κ3) is 2.11. The Morgan fingerprint density at radius 1 is 1.62 bits per heavy atom. The molecule has 0 aliphatic rings. The molecule has 0 aliphatic carbocycles. The van der Waals surface area contributed by atoms with E-state index in [1.54, 1.807) is 6.07 Å². The van der Waals surface area contributed by atoms with E-state index in [2.05, 4.69) is 0 Å². The zero-order valence-corrected chi connectivity index (χ0v) is 7.88. The van der Waals surface area contributed by atoms with Gasteiger partial charge in [0.15, 0.2) is 11.6 Å². The molecule has 72 valence electrons. The van der Waals surface area contributed by atoms with Crippen LogP contribution >= 0.6 is 11.6 Å². The number of ether oxygens (including phenoxy) is 1. The van der Waals surface area contributed by atoms with Crippen molar-refractivity contribution in [3.63, 3.8) is 0 Å². The SMILES string of the molecule is COc1c(F)cccc1C(O)CCl. The van der Waals surface area contributed by atoms with Gasteiger partial charge in [-0.1, -0.05) is 12.1 Å². The van der Waals surface area contributed by atoms with Gasteiger partial charge in [-0.2, -0.15) is 0 Å². The molecule has 0 amide bonds. The van der Waals surface area contributed by atoms with Crippen LogP contribution in [0.25, 0.3) is 0 Å². The molecule has 0 bridgehead atoms. The molecule has 1 atom stereocenters. The van der Waals surface area contributed by atoms with Gasteiger partial charge in [-0.25, -0.2) is 4.39 Å². The van der Waals surface area contributed by atoms with Gasteiger partial charge in [0.05, 0.1) is 19.1 Å². The van der Waals surface area contributed by atoms with Crippen molar-refractivity contribution in [2.24, 2.45) is 0 Å². The highest BCUT2D eigenvalue weighted by molar-refractivity contribution is 6.18. The minimum atomic E-state index is -0.896. The van der Waals surface area contributed by atoms with Gasteiger partial charge in [0.2, 0.25) is 0 Å². The Labute approximate surface area is 80.9 Å². The molecule has 0 aromatic heterocycles. The Bertz CT molecular complexity index is 291. The van der Waals surface area contributed by atoms with Gasteiger partial charge in [0.1, 0.15) is 0 Å². The smallest absolute Gasteiger partial charge is 0.165 e. The third-order valence-corrected chi connectivity index (χ3v) is 2.00. The maximum Gasteiger partial charge on any atom is 0.165 e. The lowest BCUT2D eigenvalue weighted by Crippen LogP contribution is -2.03. The number of hydrogen-bond acceptors (Lipinski definition) is 2. The molecular weight excluding hydrogens is 195 g/mol. The second-order valence-electron chi connectivity index (χ2n) is 2.53. The molecule has 0 saturated heterocycles. The topological polar surface area (TPSA) is 29.5 Å². The van der Waals surface area contributed by atoms with Gasteiger partial charge >= 0.3 is 0 Å². The first-order chi connectivity index (χ1) is 6.20. The van der Waals surface area contributed by atoms with Crippen LogP contribution in [0.4, 0.5) is 4.39 Å². The molecule has 0 radical (unpaired) electrons. The van der Waals surface area contributed by atoms with Gasteiger partial charge in [-0.05, 0) is 6.07 Å². The number of para-hydroxylation sites is 1. The standard InChI is InChI=1S/C9H10ClFO2/c1-13-9-6(8(12)5-10)3-2-4-7(9)11/h2-4,8,12H,5H2,1H3. The minimum absolute atomic E-state index is 0.0137. The Kier molecular flexibility index (Phi) is 3.51. The second kappa shape index (κ2) is 4.44. The van der Waals surface area contributed by atoms with Crippen LogP contribution in [0.2, 0.25) is 0 Å². The fraction of sp³-hybridized carbons (Fsp3) is 0.333. The lowest BCUT2D eigenvalue weighted by molar-refractivity contribution is 0.196. The van der Waals surface area contributed by atoms with Gasteiger partial charge in [0, 0.05) is 5.56 Å². The largest absolute Gasteiger partial charge is 0.493 e. The van der Waals surface area contributed by atoms with Gasteiger partial charge < -0.3 is 9.84 Å². The summed E-state index contributed by atoms with van der Waals surface area (Å²) in [6.07, 6.45) is -0.896. The van der Waals surface area contributed by atoms with Crippen LogP contribution in [0, 0.1) is 5.82 Å². The van der Waals surface area contributed by atoms with Gasteiger partial charge in [-0.3, -0.25) is 0 Å². The first-order valence-electron chi connectivity index (χ1n) is 3.77. The summed E-state index contributed by atoms with van der Waals surface area (Å²) in [4.78, 5) is 0. The molecule has 1 N–H and O–H groups in total. The van der Waals surface area contributed by atoms with Crippen molar-refractivity contribution in [1.82, 2.24) is 0 Å². The number of halogens is 2. The molecule has 0 spiro atoms. The van der Waals surface area contributed by atoms with Crippen LogP contribution in [-0.4, -0.2) is 18.1 Å². The third-order valence-electron chi connectivity index (χ3n) is 1.71. The van der Waals surface area contributed by atoms with E-state index in [9.17, 15) is 9.50 Å². The van der Waals surface area contributed by atoms with Gasteiger partial charge in [-0.15, -0.1) is 11.6 Å². The maximum atomic E-state index is 13.1. The highest BCUT2D eigenvalue weighted by Crippen LogP contribution is 2.28. The van der Waals surface area contributed by atoms with Crippen LogP contribution in [0.1, 0.15) is 11.7 Å². The first kappa shape index (κ1) is 10.3. The van der Waals surface area contributed by atoms with E-state index >= 15 is 0 Å². The number of benzene rings is 1. The molecule has 0 fully saturated rings. The van der Waals surface area contributed by atoms with E-state index in [4.69, 9.17) is 16.3 Å². The lowest BCUT2D eigenvalue weighted by Gasteiger charge is -2.12.